The number of phenols is 1. The molecule has 1 amide bonds. The number of benzene rings is 4. The Bertz CT molecular complexity index is 1410. The second-order valence-corrected chi connectivity index (χ2v) is 7.74. The first kappa shape index (κ1) is 23.4. The minimum absolute atomic E-state index is 0.0649. The van der Waals surface area contributed by atoms with Crippen molar-refractivity contribution >= 4 is 28.4 Å². The van der Waals surface area contributed by atoms with E-state index in [1.165, 1.54) is 18.2 Å². The predicted octanol–water partition coefficient (Wildman–Crippen LogP) is 6.07. The van der Waals surface area contributed by atoms with Crippen LogP contribution in [0.2, 0.25) is 0 Å². The van der Waals surface area contributed by atoms with Crippen LogP contribution in [0.4, 0.5) is 5.69 Å². The van der Waals surface area contributed by atoms with E-state index in [9.17, 15) is 15.2 Å². The minimum Gasteiger partial charge on any atom is -0.508 e. The lowest BCUT2D eigenvalue weighted by Crippen LogP contribution is -2.13. The van der Waals surface area contributed by atoms with E-state index in [0.29, 0.717) is 36.0 Å². The lowest BCUT2D eigenvalue weighted by Gasteiger charge is -2.14. The van der Waals surface area contributed by atoms with Gasteiger partial charge >= 0.3 is 0 Å². The lowest BCUT2D eigenvalue weighted by atomic mass is 10.1. The van der Waals surface area contributed by atoms with Gasteiger partial charge in [0, 0.05) is 5.69 Å². The standard InChI is InChI=1S/C29H24N2O4/c1-2-34-28-17-20(16-23(18-30)29(33)31-24-11-13-25(32)14-12-24)10-15-27(28)35-19-22-8-5-7-21-6-3-4-9-26(21)22/h3-17,32H,2,19H2,1H3,(H,31,33)/b23-16+. The molecule has 6 heteroatoms. The van der Waals surface area contributed by atoms with Crippen molar-refractivity contribution in [2.75, 3.05) is 11.9 Å². The molecule has 0 aliphatic carbocycles. The fourth-order valence-electron chi connectivity index (χ4n) is 3.63. The molecule has 0 atom stereocenters. The summed E-state index contributed by atoms with van der Waals surface area (Å²) in [7, 11) is 0. The fraction of sp³-hybridized carbons (Fsp3) is 0.103. The number of nitriles is 1. The van der Waals surface area contributed by atoms with Crippen molar-refractivity contribution in [3.05, 3.63) is 102 Å². The normalized spacial score (nSPS) is 11.0. The number of hydrogen-bond acceptors (Lipinski definition) is 5. The molecule has 0 aromatic heterocycles. The van der Waals surface area contributed by atoms with Crippen molar-refractivity contribution in [3.63, 3.8) is 0 Å². The van der Waals surface area contributed by atoms with Crippen molar-refractivity contribution in [1.82, 2.24) is 0 Å². The molecule has 0 aliphatic rings. The average Bonchev–Trinajstić information content (AvgIpc) is 2.88. The molecule has 0 radical (unpaired) electrons. The number of fused-ring (bicyclic) bond motifs is 1. The Morgan fingerprint density at radius 1 is 0.971 bits per heavy atom. The summed E-state index contributed by atoms with van der Waals surface area (Å²) in [4.78, 5) is 12.6. The maximum absolute atomic E-state index is 12.6. The summed E-state index contributed by atoms with van der Waals surface area (Å²) in [6.07, 6.45) is 1.49. The van der Waals surface area contributed by atoms with Crippen LogP contribution in [0.3, 0.4) is 0 Å². The van der Waals surface area contributed by atoms with Gasteiger partial charge < -0.3 is 19.9 Å². The maximum atomic E-state index is 12.6. The van der Waals surface area contributed by atoms with E-state index in [2.05, 4.69) is 23.5 Å². The van der Waals surface area contributed by atoms with E-state index in [1.54, 1.807) is 30.3 Å². The SMILES string of the molecule is CCOc1cc(/C=C(\C#N)C(=O)Nc2ccc(O)cc2)ccc1OCc1cccc2ccccc12. The third-order valence-corrected chi connectivity index (χ3v) is 5.33. The summed E-state index contributed by atoms with van der Waals surface area (Å²) >= 11 is 0. The van der Waals surface area contributed by atoms with E-state index >= 15 is 0 Å². The number of nitrogens with zero attached hydrogens (tertiary/aromatic N) is 1. The molecule has 0 spiro atoms. The predicted molar refractivity (Wildman–Crippen MR) is 136 cm³/mol. The lowest BCUT2D eigenvalue weighted by molar-refractivity contribution is -0.112. The van der Waals surface area contributed by atoms with Gasteiger partial charge in [-0.15, -0.1) is 0 Å². The third kappa shape index (κ3) is 5.79. The highest BCUT2D eigenvalue weighted by atomic mass is 16.5. The van der Waals surface area contributed by atoms with Crippen LogP contribution in [-0.4, -0.2) is 17.6 Å². The Hall–Kier alpha value is -4.76. The van der Waals surface area contributed by atoms with Crippen LogP contribution in [0, 0.1) is 11.3 Å². The van der Waals surface area contributed by atoms with Gasteiger partial charge in [-0.25, -0.2) is 0 Å². The molecule has 0 bridgehead atoms. The van der Waals surface area contributed by atoms with Gasteiger partial charge in [0.15, 0.2) is 11.5 Å². The largest absolute Gasteiger partial charge is 0.508 e. The van der Waals surface area contributed by atoms with Crippen molar-refractivity contribution < 1.29 is 19.4 Å². The summed E-state index contributed by atoms with van der Waals surface area (Å²) in [6.45, 7) is 2.68. The molecule has 6 nitrogen and oxygen atoms in total. The second kappa shape index (κ2) is 10.9. The molecular weight excluding hydrogens is 440 g/mol. The molecule has 4 aromatic rings. The number of aromatic hydroxyl groups is 1. The number of carbonyl (C=O) groups is 1. The quantitative estimate of drug-likeness (QED) is 0.188. The number of hydrogen-bond donors (Lipinski definition) is 2. The number of amides is 1. The van der Waals surface area contributed by atoms with Gasteiger partial charge in [-0.1, -0.05) is 48.5 Å². The number of anilines is 1. The zero-order chi connectivity index (χ0) is 24.6. The number of carbonyl (C=O) groups excluding carboxylic acids is 1. The topological polar surface area (TPSA) is 91.6 Å². The van der Waals surface area contributed by atoms with Crippen LogP contribution in [0.15, 0.2) is 90.5 Å². The number of ether oxygens (including phenoxy) is 2. The van der Waals surface area contributed by atoms with Crippen LogP contribution in [0.1, 0.15) is 18.1 Å². The van der Waals surface area contributed by atoms with Gasteiger partial charge in [-0.05, 0) is 71.3 Å². The molecule has 0 heterocycles. The summed E-state index contributed by atoms with van der Waals surface area (Å²) < 4.78 is 11.9. The Balaban J connectivity index is 1.53. The number of nitrogens with one attached hydrogen (secondary N) is 1. The van der Waals surface area contributed by atoms with Crippen LogP contribution in [-0.2, 0) is 11.4 Å². The molecule has 174 valence electrons. The van der Waals surface area contributed by atoms with E-state index < -0.39 is 5.91 Å². The Labute approximate surface area is 203 Å². The zero-order valence-corrected chi connectivity index (χ0v) is 19.2. The molecular formula is C29H24N2O4. The van der Waals surface area contributed by atoms with Crippen molar-refractivity contribution in [1.29, 1.82) is 5.26 Å². The summed E-state index contributed by atoms with van der Waals surface area (Å²) in [6, 6.07) is 27.5. The molecule has 2 N–H and O–H groups in total. The van der Waals surface area contributed by atoms with E-state index in [4.69, 9.17) is 9.47 Å². The van der Waals surface area contributed by atoms with Crippen molar-refractivity contribution in [3.8, 4) is 23.3 Å². The van der Waals surface area contributed by atoms with E-state index in [0.717, 1.165) is 16.3 Å². The fourth-order valence-corrected chi connectivity index (χ4v) is 3.63. The van der Waals surface area contributed by atoms with Crippen molar-refractivity contribution in [2.24, 2.45) is 0 Å². The first-order valence-corrected chi connectivity index (χ1v) is 11.2. The highest BCUT2D eigenvalue weighted by Crippen LogP contribution is 2.31. The Kier molecular flexibility index (Phi) is 7.29. The summed E-state index contributed by atoms with van der Waals surface area (Å²) in [5.74, 6) is 0.638. The van der Waals surface area contributed by atoms with Gasteiger partial charge in [0.05, 0.1) is 6.61 Å². The van der Waals surface area contributed by atoms with Crippen LogP contribution in [0.5, 0.6) is 17.2 Å². The first-order valence-electron chi connectivity index (χ1n) is 11.2. The Morgan fingerprint density at radius 3 is 2.51 bits per heavy atom. The molecule has 0 saturated heterocycles. The highest BCUT2D eigenvalue weighted by molar-refractivity contribution is 6.09. The van der Waals surface area contributed by atoms with E-state index in [1.807, 2.05) is 37.3 Å². The molecule has 35 heavy (non-hydrogen) atoms. The highest BCUT2D eigenvalue weighted by Gasteiger charge is 2.12. The monoisotopic (exact) mass is 464 g/mol. The molecule has 0 aliphatic heterocycles. The summed E-state index contributed by atoms with van der Waals surface area (Å²) in [5.41, 5.74) is 2.10. The van der Waals surface area contributed by atoms with Gasteiger partial charge in [-0.2, -0.15) is 5.26 Å². The molecule has 0 saturated carbocycles. The number of phenolic OH excluding ortho intramolecular Hbond substituents is 1. The smallest absolute Gasteiger partial charge is 0.266 e. The molecule has 0 unspecified atom stereocenters. The summed E-state index contributed by atoms with van der Waals surface area (Å²) in [5, 5.41) is 23.8. The second-order valence-electron chi connectivity index (χ2n) is 7.74. The minimum atomic E-state index is -0.549. The van der Waals surface area contributed by atoms with Crippen LogP contribution in [0.25, 0.3) is 16.8 Å². The average molecular weight is 465 g/mol. The third-order valence-electron chi connectivity index (χ3n) is 5.33. The first-order chi connectivity index (χ1) is 17.1. The Morgan fingerprint density at radius 2 is 1.74 bits per heavy atom. The zero-order valence-electron chi connectivity index (χ0n) is 19.2. The van der Waals surface area contributed by atoms with Gasteiger partial charge in [0.2, 0.25) is 0 Å². The van der Waals surface area contributed by atoms with Gasteiger partial charge in [0.1, 0.15) is 24.0 Å². The number of rotatable bonds is 8. The van der Waals surface area contributed by atoms with Gasteiger partial charge in [-0.3, -0.25) is 4.79 Å². The maximum Gasteiger partial charge on any atom is 0.266 e. The molecule has 4 rings (SSSR count). The van der Waals surface area contributed by atoms with E-state index in [-0.39, 0.29) is 11.3 Å². The van der Waals surface area contributed by atoms with Gasteiger partial charge in [0.25, 0.3) is 5.91 Å². The van der Waals surface area contributed by atoms with Crippen LogP contribution < -0.4 is 14.8 Å². The molecule has 0 fully saturated rings. The van der Waals surface area contributed by atoms with Crippen molar-refractivity contribution in [2.45, 2.75) is 13.5 Å². The molecule has 4 aromatic carbocycles. The van der Waals surface area contributed by atoms with Crippen LogP contribution >= 0.6 is 0 Å².